The van der Waals surface area contributed by atoms with Crippen molar-refractivity contribution in [1.82, 2.24) is 5.32 Å². The average Bonchev–Trinajstić information content (AvgIpc) is 3.27. The van der Waals surface area contributed by atoms with Gasteiger partial charge in [0.1, 0.15) is 0 Å². The number of amides is 1. The summed E-state index contributed by atoms with van der Waals surface area (Å²) in [7, 11) is 0. The van der Waals surface area contributed by atoms with E-state index in [4.69, 9.17) is 4.74 Å². The van der Waals surface area contributed by atoms with Gasteiger partial charge in [0.15, 0.2) is 0 Å². The highest BCUT2D eigenvalue weighted by molar-refractivity contribution is 5.76. The quantitative estimate of drug-likeness (QED) is 0.0322. The third kappa shape index (κ3) is 47.3. The highest BCUT2D eigenvalue weighted by Gasteiger charge is 2.18. The summed E-state index contributed by atoms with van der Waals surface area (Å²) in [5, 5.41) is 23.1. The van der Waals surface area contributed by atoms with Gasteiger partial charge in [0, 0.05) is 12.8 Å². The van der Waals surface area contributed by atoms with E-state index in [2.05, 4.69) is 55.6 Å². The van der Waals surface area contributed by atoms with Crippen molar-refractivity contribution in [3.05, 3.63) is 48.6 Å². The van der Waals surface area contributed by atoms with Crippen molar-refractivity contribution in [2.75, 3.05) is 13.2 Å². The Bertz CT molecular complexity index is 1050. The van der Waals surface area contributed by atoms with Gasteiger partial charge in [0.2, 0.25) is 5.91 Å². The molecule has 362 valence electrons. The Hall–Kier alpha value is -2.18. The summed E-state index contributed by atoms with van der Waals surface area (Å²) in [5.74, 6) is -0.106. The normalized spacial score (nSPS) is 13.0. The number of rotatable bonds is 49. The van der Waals surface area contributed by atoms with E-state index < -0.39 is 12.1 Å². The zero-order valence-electron chi connectivity index (χ0n) is 41.1. The number of esters is 1. The maximum atomic E-state index is 12.4. The molecule has 0 aliphatic rings. The molecule has 0 bridgehead atoms. The standard InChI is InChI=1S/C56H103NO5/c1-3-5-7-9-11-13-15-17-18-21-25-28-32-36-40-44-48-54(59)53(52-58)57-55(60)49-45-41-37-33-29-26-22-19-20-23-27-31-35-39-43-47-51-62-56(61)50-46-42-38-34-30-24-16-14-12-10-8-6-4-2/h8,10,14,16,19,22,44,48,53-54,58-59H,3-7,9,11-13,15,17-18,20-21,23-43,45-47,49-52H2,1-2H3,(H,57,60)/b10-8-,16-14-,22-19-,48-44+. The molecule has 0 radical (unpaired) electrons. The van der Waals surface area contributed by atoms with Crippen LogP contribution in [0.25, 0.3) is 0 Å². The van der Waals surface area contributed by atoms with Crippen LogP contribution in [-0.2, 0) is 14.3 Å². The Kier molecular flexibility index (Phi) is 49.6. The molecule has 1 amide bonds. The topological polar surface area (TPSA) is 95.9 Å². The van der Waals surface area contributed by atoms with Crippen molar-refractivity contribution in [1.29, 1.82) is 0 Å². The Balaban J connectivity index is 3.52. The molecule has 0 heterocycles. The summed E-state index contributed by atoms with van der Waals surface area (Å²) in [6, 6.07) is -0.641. The third-order valence-corrected chi connectivity index (χ3v) is 12.0. The highest BCUT2D eigenvalue weighted by atomic mass is 16.5. The highest BCUT2D eigenvalue weighted by Crippen LogP contribution is 2.15. The van der Waals surface area contributed by atoms with E-state index in [-0.39, 0.29) is 18.5 Å². The molecule has 2 unspecified atom stereocenters. The number of aliphatic hydroxyl groups excluding tert-OH is 2. The van der Waals surface area contributed by atoms with E-state index in [0.29, 0.717) is 19.4 Å². The van der Waals surface area contributed by atoms with Gasteiger partial charge in [-0.1, -0.05) is 223 Å². The number of hydrogen-bond acceptors (Lipinski definition) is 5. The van der Waals surface area contributed by atoms with Crippen molar-refractivity contribution < 1.29 is 24.5 Å². The Morgan fingerprint density at radius 1 is 0.452 bits per heavy atom. The van der Waals surface area contributed by atoms with Crippen LogP contribution in [0.4, 0.5) is 0 Å². The maximum absolute atomic E-state index is 12.4. The Labute approximate surface area is 385 Å². The molecule has 0 rings (SSSR count). The summed E-state index contributed by atoms with van der Waals surface area (Å²) in [6.07, 6.45) is 64.0. The van der Waals surface area contributed by atoms with Crippen molar-refractivity contribution in [2.24, 2.45) is 0 Å². The van der Waals surface area contributed by atoms with E-state index in [1.54, 1.807) is 6.08 Å². The minimum absolute atomic E-state index is 0.0200. The van der Waals surface area contributed by atoms with Gasteiger partial charge >= 0.3 is 5.97 Å². The number of unbranched alkanes of at least 4 members (excludes halogenated alkanes) is 32. The van der Waals surface area contributed by atoms with Gasteiger partial charge in [-0.05, 0) is 83.5 Å². The molecular weight excluding hydrogens is 767 g/mol. The zero-order valence-corrected chi connectivity index (χ0v) is 41.1. The summed E-state index contributed by atoms with van der Waals surface area (Å²) in [6.45, 7) is 4.80. The number of carbonyl (C=O) groups is 2. The van der Waals surface area contributed by atoms with Crippen LogP contribution in [0.2, 0.25) is 0 Å². The molecule has 6 nitrogen and oxygen atoms in total. The number of carbonyl (C=O) groups excluding carboxylic acids is 2. The lowest BCUT2D eigenvalue weighted by Crippen LogP contribution is -2.45. The van der Waals surface area contributed by atoms with Crippen LogP contribution in [0.3, 0.4) is 0 Å². The first-order valence-electron chi connectivity index (χ1n) is 26.9. The van der Waals surface area contributed by atoms with E-state index in [1.165, 1.54) is 167 Å². The van der Waals surface area contributed by atoms with Crippen LogP contribution < -0.4 is 5.32 Å². The molecule has 0 spiro atoms. The van der Waals surface area contributed by atoms with Crippen LogP contribution >= 0.6 is 0 Å². The molecule has 2 atom stereocenters. The van der Waals surface area contributed by atoms with E-state index in [9.17, 15) is 19.8 Å². The van der Waals surface area contributed by atoms with Crippen LogP contribution in [-0.4, -0.2) is 47.4 Å². The predicted molar refractivity (Wildman–Crippen MR) is 269 cm³/mol. The minimum atomic E-state index is -0.856. The molecule has 0 fully saturated rings. The second-order valence-corrected chi connectivity index (χ2v) is 18.2. The fraction of sp³-hybridized carbons (Fsp3) is 0.821. The van der Waals surface area contributed by atoms with Gasteiger partial charge in [0.05, 0.1) is 25.4 Å². The fourth-order valence-corrected chi connectivity index (χ4v) is 7.90. The van der Waals surface area contributed by atoms with Crippen molar-refractivity contribution in [3.63, 3.8) is 0 Å². The summed E-state index contributed by atoms with van der Waals surface area (Å²) in [4.78, 5) is 24.4. The largest absolute Gasteiger partial charge is 0.466 e. The van der Waals surface area contributed by atoms with Gasteiger partial charge in [-0.15, -0.1) is 0 Å². The second-order valence-electron chi connectivity index (χ2n) is 18.2. The third-order valence-electron chi connectivity index (χ3n) is 12.0. The summed E-state index contributed by atoms with van der Waals surface area (Å²) < 4.78 is 5.45. The predicted octanol–water partition coefficient (Wildman–Crippen LogP) is 16.2. The number of aliphatic hydroxyl groups is 2. The first-order chi connectivity index (χ1) is 30.5. The number of nitrogens with one attached hydrogen (secondary N) is 1. The van der Waals surface area contributed by atoms with E-state index in [1.807, 2.05) is 6.08 Å². The number of allylic oxidation sites excluding steroid dienone is 7. The molecule has 3 N–H and O–H groups in total. The molecule has 62 heavy (non-hydrogen) atoms. The lowest BCUT2D eigenvalue weighted by molar-refractivity contribution is -0.143. The Morgan fingerprint density at radius 3 is 1.31 bits per heavy atom. The molecule has 0 aliphatic heterocycles. The van der Waals surface area contributed by atoms with Crippen LogP contribution in [0, 0.1) is 0 Å². The van der Waals surface area contributed by atoms with Crippen molar-refractivity contribution >= 4 is 11.9 Å². The van der Waals surface area contributed by atoms with E-state index in [0.717, 1.165) is 77.0 Å². The van der Waals surface area contributed by atoms with Crippen molar-refractivity contribution in [3.8, 4) is 0 Å². The Morgan fingerprint density at radius 2 is 0.839 bits per heavy atom. The van der Waals surface area contributed by atoms with Crippen LogP contribution in [0.5, 0.6) is 0 Å². The number of hydrogen-bond donors (Lipinski definition) is 3. The number of ether oxygens (including phenoxy) is 1. The van der Waals surface area contributed by atoms with Gasteiger partial charge < -0.3 is 20.3 Å². The van der Waals surface area contributed by atoms with Gasteiger partial charge in [-0.2, -0.15) is 0 Å². The smallest absolute Gasteiger partial charge is 0.305 e. The maximum Gasteiger partial charge on any atom is 0.305 e. The monoisotopic (exact) mass is 870 g/mol. The fourth-order valence-electron chi connectivity index (χ4n) is 7.90. The first kappa shape index (κ1) is 59.8. The molecule has 0 aliphatic carbocycles. The molecule has 0 aromatic carbocycles. The molecule has 0 aromatic heterocycles. The molecular formula is C56H103NO5. The first-order valence-corrected chi connectivity index (χ1v) is 26.9. The molecule has 6 heteroatoms. The van der Waals surface area contributed by atoms with Crippen LogP contribution in [0.15, 0.2) is 48.6 Å². The molecule has 0 aromatic rings. The van der Waals surface area contributed by atoms with E-state index >= 15 is 0 Å². The zero-order chi connectivity index (χ0) is 45.1. The van der Waals surface area contributed by atoms with Gasteiger partial charge in [0.25, 0.3) is 0 Å². The lowest BCUT2D eigenvalue weighted by Gasteiger charge is -2.20. The van der Waals surface area contributed by atoms with Crippen molar-refractivity contribution in [2.45, 2.75) is 283 Å². The van der Waals surface area contributed by atoms with Gasteiger partial charge in [-0.3, -0.25) is 9.59 Å². The summed E-state index contributed by atoms with van der Waals surface area (Å²) in [5.41, 5.74) is 0. The van der Waals surface area contributed by atoms with Gasteiger partial charge in [-0.25, -0.2) is 0 Å². The van der Waals surface area contributed by atoms with Crippen LogP contribution in [0.1, 0.15) is 271 Å². The second kappa shape index (κ2) is 51.5. The lowest BCUT2D eigenvalue weighted by atomic mass is 10.0. The average molecular weight is 870 g/mol. The SMILES string of the molecule is CCC/C=C\C/C=C\CCCCCCCC(=O)OCCCCCCCCC/C=C\CCCCCCCC(=O)NC(CO)C(O)/C=C/CCCCCCCCCCCCCCCC. The minimum Gasteiger partial charge on any atom is -0.466 e. The molecule has 0 saturated heterocycles. The summed E-state index contributed by atoms with van der Waals surface area (Å²) >= 11 is 0. The molecule has 0 saturated carbocycles.